The summed E-state index contributed by atoms with van der Waals surface area (Å²) in [6.07, 6.45) is -4.70. The van der Waals surface area contributed by atoms with Gasteiger partial charge in [0.2, 0.25) is 5.13 Å². The Labute approximate surface area is 138 Å². The maximum Gasteiger partial charge on any atom is 0.420 e. The third-order valence-electron chi connectivity index (χ3n) is 2.97. The van der Waals surface area contributed by atoms with Gasteiger partial charge in [-0.1, -0.05) is 11.3 Å². The normalized spacial score (nSPS) is 11.2. The summed E-state index contributed by atoms with van der Waals surface area (Å²) >= 11 is 0.996. The van der Waals surface area contributed by atoms with Gasteiger partial charge in [0.05, 0.1) is 25.5 Å². The fraction of sp³-hybridized carbons (Fsp3) is 0.308. The number of aromatic nitrogens is 2. The van der Waals surface area contributed by atoms with E-state index in [1.165, 1.54) is 7.11 Å². The van der Waals surface area contributed by atoms with Crippen molar-refractivity contribution in [3.8, 4) is 11.5 Å². The number of anilines is 2. The second-order valence-corrected chi connectivity index (χ2v) is 5.66. The first-order valence-electron chi connectivity index (χ1n) is 6.42. The van der Waals surface area contributed by atoms with E-state index in [0.717, 1.165) is 35.5 Å². The van der Waals surface area contributed by atoms with Crippen molar-refractivity contribution in [2.75, 3.05) is 19.1 Å². The van der Waals surface area contributed by atoms with E-state index in [9.17, 15) is 18.0 Å². The highest BCUT2D eigenvalue weighted by Crippen LogP contribution is 2.44. The summed E-state index contributed by atoms with van der Waals surface area (Å²) in [5, 5.41) is 8.02. The van der Waals surface area contributed by atoms with E-state index < -0.39 is 23.5 Å². The Morgan fingerprint density at radius 2 is 1.83 bits per heavy atom. The molecule has 0 aliphatic carbocycles. The molecule has 0 saturated heterocycles. The lowest BCUT2D eigenvalue weighted by molar-refractivity contribution is -0.138. The van der Waals surface area contributed by atoms with Crippen molar-refractivity contribution in [2.24, 2.45) is 5.73 Å². The molecule has 130 valence electrons. The number of halogens is 3. The molecule has 0 unspecified atom stereocenters. The smallest absolute Gasteiger partial charge is 0.420 e. The quantitative estimate of drug-likeness (QED) is 0.902. The molecule has 0 fully saturated rings. The highest BCUT2D eigenvalue weighted by Gasteiger charge is 2.37. The monoisotopic (exact) mass is 362 g/mol. The van der Waals surface area contributed by atoms with Gasteiger partial charge in [0.25, 0.3) is 0 Å². The molecule has 2 amide bonds. The zero-order valence-electron chi connectivity index (χ0n) is 12.8. The van der Waals surface area contributed by atoms with Crippen molar-refractivity contribution in [3.05, 3.63) is 22.7 Å². The second-order valence-electron chi connectivity index (χ2n) is 4.50. The molecule has 0 bridgehead atoms. The Balaban J connectivity index is 2.72. The van der Waals surface area contributed by atoms with E-state index >= 15 is 0 Å². The van der Waals surface area contributed by atoms with Crippen LogP contribution >= 0.6 is 11.3 Å². The number of primary amides is 1. The number of rotatable bonds is 4. The van der Waals surface area contributed by atoms with Crippen LogP contribution in [0.4, 0.5) is 28.8 Å². The Kier molecular flexibility index (Phi) is 4.83. The average molecular weight is 362 g/mol. The number of alkyl halides is 3. The molecule has 1 aromatic heterocycles. The predicted octanol–water partition coefficient (Wildman–Crippen LogP) is 3.10. The van der Waals surface area contributed by atoms with E-state index in [4.69, 9.17) is 15.2 Å². The van der Waals surface area contributed by atoms with Gasteiger partial charge in [-0.25, -0.2) is 9.69 Å². The molecule has 1 aromatic carbocycles. The summed E-state index contributed by atoms with van der Waals surface area (Å²) < 4.78 is 49.6. The molecule has 0 radical (unpaired) electrons. The SMILES string of the molecule is COc1cc(OC)c(C(F)(F)F)cc1N(C(N)=O)c1nnc(C)s1. The van der Waals surface area contributed by atoms with E-state index in [-0.39, 0.29) is 16.6 Å². The first-order chi connectivity index (χ1) is 11.2. The largest absolute Gasteiger partial charge is 0.496 e. The minimum atomic E-state index is -4.70. The van der Waals surface area contributed by atoms with Crippen LogP contribution in [0, 0.1) is 6.92 Å². The number of nitrogens with zero attached hydrogens (tertiary/aromatic N) is 3. The van der Waals surface area contributed by atoms with Crippen LogP contribution in [0.1, 0.15) is 10.6 Å². The number of methoxy groups -OCH3 is 2. The van der Waals surface area contributed by atoms with Crippen molar-refractivity contribution < 1.29 is 27.4 Å². The molecule has 0 saturated carbocycles. The molecule has 0 aliphatic heterocycles. The average Bonchev–Trinajstić information content (AvgIpc) is 2.91. The molecule has 11 heteroatoms. The third-order valence-corrected chi connectivity index (χ3v) is 3.80. The van der Waals surface area contributed by atoms with Crippen LogP contribution in [0.2, 0.25) is 0 Å². The topological polar surface area (TPSA) is 90.6 Å². The van der Waals surface area contributed by atoms with Crippen molar-refractivity contribution >= 4 is 28.2 Å². The number of urea groups is 1. The van der Waals surface area contributed by atoms with Crippen molar-refractivity contribution in [1.82, 2.24) is 10.2 Å². The molecule has 24 heavy (non-hydrogen) atoms. The molecule has 0 atom stereocenters. The second kappa shape index (κ2) is 6.51. The number of ether oxygens (including phenoxy) is 2. The maximum absolute atomic E-state index is 13.2. The van der Waals surface area contributed by atoms with Crippen LogP contribution in [0.15, 0.2) is 12.1 Å². The lowest BCUT2D eigenvalue weighted by Crippen LogP contribution is -2.32. The van der Waals surface area contributed by atoms with E-state index in [2.05, 4.69) is 10.2 Å². The number of carbonyl (C=O) groups excluding carboxylic acids is 1. The molecular weight excluding hydrogens is 349 g/mol. The summed E-state index contributed by atoms with van der Waals surface area (Å²) in [5.74, 6) is -0.479. The number of nitrogens with two attached hydrogens (primary N) is 1. The number of hydrogen-bond acceptors (Lipinski definition) is 6. The van der Waals surface area contributed by atoms with E-state index in [1.807, 2.05) is 0 Å². The van der Waals surface area contributed by atoms with Gasteiger partial charge in [0.15, 0.2) is 0 Å². The maximum atomic E-state index is 13.2. The zero-order chi connectivity index (χ0) is 18.1. The Morgan fingerprint density at radius 1 is 1.21 bits per heavy atom. The highest BCUT2D eigenvalue weighted by molar-refractivity contribution is 7.15. The van der Waals surface area contributed by atoms with Crippen LogP contribution in [-0.2, 0) is 6.18 Å². The third kappa shape index (κ3) is 3.35. The first-order valence-corrected chi connectivity index (χ1v) is 7.23. The number of hydrogen-bond donors (Lipinski definition) is 1. The lowest BCUT2D eigenvalue weighted by Gasteiger charge is -2.22. The number of carbonyl (C=O) groups is 1. The molecule has 0 aliphatic rings. The molecular formula is C13H13F3N4O3S. The minimum absolute atomic E-state index is 0.0246. The predicted molar refractivity (Wildman–Crippen MR) is 80.9 cm³/mol. The van der Waals surface area contributed by atoms with Crippen molar-refractivity contribution in [2.45, 2.75) is 13.1 Å². The molecule has 0 spiro atoms. The van der Waals surface area contributed by atoms with Crippen molar-refractivity contribution in [1.29, 1.82) is 0 Å². The van der Waals surface area contributed by atoms with Crippen LogP contribution in [0.3, 0.4) is 0 Å². The van der Waals surface area contributed by atoms with Gasteiger partial charge < -0.3 is 15.2 Å². The first kappa shape index (κ1) is 17.8. The van der Waals surface area contributed by atoms with Crippen molar-refractivity contribution in [3.63, 3.8) is 0 Å². The molecule has 2 rings (SSSR count). The molecule has 2 N–H and O–H groups in total. The van der Waals surface area contributed by atoms with Gasteiger partial charge in [0.1, 0.15) is 16.5 Å². The van der Waals surface area contributed by atoms with Gasteiger partial charge in [-0.05, 0) is 13.0 Å². The summed E-state index contributed by atoms with van der Waals surface area (Å²) in [6.45, 7) is 1.63. The summed E-state index contributed by atoms with van der Waals surface area (Å²) in [6, 6.07) is 0.726. The summed E-state index contributed by atoms with van der Waals surface area (Å²) in [7, 11) is 2.35. The minimum Gasteiger partial charge on any atom is -0.496 e. The summed E-state index contributed by atoms with van der Waals surface area (Å²) in [5.41, 5.74) is 4.03. The zero-order valence-corrected chi connectivity index (χ0v) is 13.7. The Morgan fingerprint density at radius 3 is 2.25 bits per heavy atom. The van der Waals surface area contributed by atoms with Gasteiger partial charge in [0, 0.05) is 6.07 Å². The van der Waals surface area contributed by atoms with Gasteiger partial charge >= 0.3 is 12.2 Å². The standard InChI is InChI=1S/C13H13F3N4O3S/c1-6-18-19-12(24-6)20(11(17)21)8-4-7(13(14,15)16)9(22-2)5-10(8)23-3/h4-5H,1-3H3,(H2,17,21). The number of aryl methyl sites for hydroxylation is 1. The van der Waals surface area contributed by atoms with Crippen LogP contribution in [0.5, 0.6) is 11.5 Å². The lowest BCUT2D eigenvalue weighted by atomic mass is 10.1. The van der Waals surface area contributed by atoms with E-state index in [0.29, 0.717) is 5.01 Å². The highest BCUT2D eigenvalue weighted by atomic mass is 32.1. The van der Waals surface area contributed by atoms with Gasteiger partial charge in [-0.3, -0.25) is 0 Å². The van der Waals surface area contributed by atoms with Gasteiger partial charge in [-0.15, -0.1) is 10.2 Å². The fourth-order valence-corrected chi connectivity index (χ4v) is 2.68. The Hall–Kier alpha value is -2.56. The van der Waals surface area contributed by atoms with Gasteiger partial charge in [-0.2, -0.15) is 13.2 Å². The van der Waals surface area contributed by atoms with Crippen LogP contribution in [0.25, 0.3) is 0 Å². The molecule has 1 heterocycles. The fourth-order valence-electron chi connectivity index (χ4n) is 1.97. The number of benzene rings is 1. The molecule has 7 nitrogen and oxygen atoms in total. The Bertz CT molecular complexity index is 763. The van der Waals surface area contributed by atoms with E-state index in [1.54, 1.807) is 6.92 Å². The van der Waals surface area contributed by atoms with Crippen LogP contribution in [-0.4, -0.2) is 30.4 Å². The van der Waals surface area contributed by atoms with Crippen LogP contribution < -0.4 is 20.1 Å². The number of amides is 2. The molecule has 2 aromatic rings. The summed E-state index contributed by atoms with van der Waals surface area (Å²) in [4.78, 5) is 12.6.